The van der Waals surface area contributed by atoms with Crippen LogP contribution in [0.2, 0.25) is 0 Å². The molecule has 0 bridgehead atoms. The number of rotatable bonds is 2. The molecule has 4 nitrogen and oxygen atoms in total. The van der Waals surface area contributed by atoms with Crippen molar-refractivity contribution < 1.29 is 15.0 Å². The van der Waals surface area contributed by atoms with Gasteiger partial charge in [0.25, 0.3) is 0 Å². The number of aliphatic carboxylic acids is 1. The number of nitrogens with one attached hydrogen (secondary N) is 1. The highest BCUT2D eigenvalue weighted by Gasteiger charge is 2.31. The molecule has 0 aromatic rings. The maximum Gasteiger partial charge on any atom is 0.308 e. The summed E-state index contributed by atoms with van der Waals surface area (Å²) in [7, 11) is 0. The highest BCUT2D eigenvalue weighted by molar-refractivity contribution is 5.71. The summed E-state index contributed by atoms with van der Waals surface area (Å²) in [5, 5.41) is 20.2. The zero-order chi connectivity index (χ0) is 7.56. The lowest BCUT2D eigenvalue weighted by Crippen LogP contribution is -2.24. The summed E-state index contributed by atoms with van der Waals surface area (Å²) in [5.74, 6) is -1.31. The van der Waals surface area contributed by atoms with Crippen molar-refractivity contribution in [1.29, 1.82) is 0 Å². The highest BCUT2D eigenvalue weighted by atomic mass is 16.4. The molecule has 0 aliphatic carbocycles. The second-order valence-corrected chi connectivity index (χ2v) is 2.55. The van der Waals surface area contributed by atoms with Gasteiger partial charge in [-0.05, 0) is 0 Å². The fourth-order valence-electron chi connectivity index (χ4n) is 1.21. The third-order valence-corrected chi connectivity index (χ3v) is 1.89. The van der Waals surface area contributed by atoms with E-state index < -0.39 is 11.9 Å². The predicted molar refractivity (Wildman–Crippen MR) is 34.6 cm³/mol. The molecule has 3 N–H and O–H groups in total. The average molecular weight is 145 g/mol. The van der Waals surface area contributed by atoms with Crippen molar-refractivity contribution >= 4 is 5.97 Å². The minimum Gasteiger partial charge on any atom is -0.481 e. The average Bonchev–Trinajstić information content (AvgIpc) is 2.33. The van der Waals surface area contributed by atoms with Crippen molar-refractivity contribution in [2.75, 3.05) is 19.7 Å². The van der Waals surface area contributed by atoms with Crippen LogP contribution in [0.3, 0.4) is 0 Å². The summed E-state index contributed by atoms with van der Waals surface area (Å²) >= 11 is 0. The van der Waals surface area contributed by atoms with E-state index >= 15 is 0 Å². The Morgan fingerprint density at radius 3 is 2.70 bits per heavy atom. The van der Waals surface area contributed by atoms with E-state index in [0.29, 0.717) is 13.1 Å². The Morgan fingerprint density at radius 1 is 1.60 bits per heavy atom. The van der Waals surface area contributed by atoms with E-state index in [1.165, 1.54) is 0 Å². The van der Waals surface area contributed by atoms with Crippen LogP contribution in [0.4, 0.5) is 0 Å². The topological polar surface area (TPSA) is 69.6 Å². The van der Waals surface area contributed by atoms with Gasteiger partial charge in [0.15, 0.2) is 0 Å². The first-order chi connectivity index (χ1) is 4.75. The smallest absolute Gasteiger partial charge is 0.308 e. The van der Waals surface area contributed by atoms with Gasteiger partial charge in [0, 0.05) is 25.6 Å². The number of hydrogen-bond donors (Lipinski definition) is 3. The largest absolute Gasteiger partial charge is 0.481 e. The summed E-state index contributed by atoms with van der Waals surface area (Å²) < 4.78 is 0. The first kappa shape index (κ1) is 7.50. The van der Waals surface area contributed by atoms with Crippen molar-refractivity contribution in [1.82, 2.24) is 5.32 Å². The molecule has 1 fully saturated rings. The quantitative estimate of drug-likeness (QED) is 0.461. The summed E-state index contributed by atoms with van der Waals surface area (Å²) in [6, 6.07) is 0. The molecular formula is C6H11NO3. The van der Waals surface area contributed by atoms with Crippen LogP contribution in [0.25, 0.3) is 0 Å². The standard InChI is InChI=1S/C6H11NO3/c8-3-4-1-7-2-5(4)6(9)10/h4-5,7-8H,1-3H2,(H,9,10)/t4-,5-/m0/s1. The van der Waals surface area contributed by atoms with Gasteiger partial charge in [0.2, 0.25) is 0 Å². The lowest BCUT2D eigenvalue weighted by Gasteiger charge is -2.09. The maximum absolute atomic E-state index is 10.4. The van der Waals surface area contributed by atoms with E-state index in [4.69, 9.17) is 10.2 Å². The maximum atomic E-state index is 10.4. The van der Waals surface area contributed by atoms with Crippen LogP contribution in [-0.4, -0.2) is 35.9 Å². The van der Waals surface area contributed by atoms with Crippen molar-refractivity contribution in [2.24, 2.45) is 11.8 Å². The molecule has 0 unspecified atom stereocenters. The van der Waals surface area contributed by atoms with Gasteiger partial charge in [0.1, 0.15) is 0 Å². The van der Waals surface area contributed by atoms with Gasteiger partial charge >= 0.3 is 5.97 Å². The van der Waals surface area contributed by atoms with Crippen molar-refractivity contribution in [3.63, 3.8) is 0 Å². The molecule has 2 atom stereocenters. The third kappa shape index (κ3) is 1.27. The Kier molecular flexibility index (Phi) is 2.24. The molecule has 1 aliphatic rings. The van der Waals surface area contributed by atoms with Gasteiger partial charge in [-0.3, -0.25) is 4.79 Å². The van der Waals surface area contributed by atoms with Crippen LogP contribution in [0.5, 0.6) is 0 Å². The highest BCUT2D eigenvalue weighted by Crippen LogP contribution is 2.15. The summed E-state index contributed by atoms with van der Waals surface area (Å²) in [6.07, 6.45) is 0. The van der Waals surface area contributed by atoms with Crippen LogP contribution in [0.15, 0.2) is 0 Å². The Labute approximate surface area is 58.9 Å². The Hall–Kier alpha value is -0.610. The molecular weight excluding hydrogens is 134 g/mol. The molecule has 0 aromatic carbocycles. The summed E-state index contributed by atoms with van der Waals surface area (Å²) in [4.78, 5) is 10.4. The van der Waals surface area contributed by atoms with Gasteiger partial charge in [-0.1, -0.05) is 0 Å². The molecule has 58 valence electrons. The second kappa shape index (κ2) is 2.98. The first-order valence-electron chi connectivity index (χ1n) is 3.30. The second-order valence-electron chi connectivity index (χ2n) is 2.55. The zero-order valence-electron chi connectivity index (χ0n) is 5.58. The fourth-order valence-corrected chi connectivity index (χ4v) is 1.21. The van der Waals surface area contributed by atoms with Gasteiger partial charge in [-0.2, -0.15) is 0 Å². The molecule has 1 rings (SSSR count). The predicted octanol–water partition coefficient (Wildman–Crippen LogP) is -1.10. The molecule has 10 heavy (non-hydrogen) atoms. The molecule has 0 saturated carbocycles. The minimum atomic E-state index is -0.816. The number of aliphatic hydroxyl groups is 1. The van der Waals surface area contributed by atoms with E-state index in [2.05, 4.69) is 5.32 Å². The number of carbonyl (C=O) groups is 1. The SMILES string of the molecule is O=C(O)[C@H]1CNC[C@H]1CO. The Morgan fingerprint density at radius 2 is 2.30 bits per heavy atom. The van der Waals surface area contributed by atoms with Crippen LogP contribution < -0.4 is 5.32 Å². The Bertz CT molecular complexity index is 137. The van der Waals surface area contributed by atoms with Crippen molar-refractivity contribution in [3.05, 3.63) is 0 Å². The molecule has 1 aliphatic heterocycles. The number of carboxylic acids is 1. The van der Waals surface area contributed by atoms with E-state index in [1.807, 2.05) is 0 Å². The van der Waals surface area contributed by atoms with Gasteiger partial charge in [-0.15, -0.1) is 0 Å². The lowest BCUT2D eigenvalue weighted by atomic mass is 9.97. The fraction of sp³-hybridized carbons (Fsp3) is 0.833. The minimum absolute atomic E-state index is 0.0377. The molecule has 0 amide bonds. The van der Waals surface area contributed by atoms with Gasteiger partial charge < -0.3 is 15.5 Å². The van der Waals surface area contributed by atoms with Crippen LogP contribution in [-0.2, 0) is 4.79 Å². The van der Waals surface area contributed by atoms with Crippen molar-refractivity contribution in [2.45, 2.75) is 0 Å². The monoisotopic (exact) mass is 145 g/mol. The molecule has 1 heterocycles. The first-order valence-corrected chi connectivity index (χ1v) is 3.30. The van der Waals surface area contributed by atoms with Gasteiger partial charge in [-0.25, -0.2) is 0 Å². The van der Waals surface area contributed by atoms with E-state index in [1.54, 1.807) is 0 Å². The van der Waals surface area contributed by atoms with Crippen LogP contribution >= 0.6 is 0 Å². The van der Waals surface area contributed by atoms with Crippen molar-refractivity contribution in [3.8, 4) is 0 Å². The van der Waals surface area contributed by atoms with Crippen LogP contribution in [0.1, 0.15) is 0 Å². The third-order valence-electron chi connectivity index (χ3n) is 1.89. The molecule has 1 saturated heterocycles. The molecule has 4 heteroatoms. The molecule has 0 spiro atoms. The van der Waals surface area contributed by atoms with E-state index in [-0.39, 0.29) is 12.5 Å². The Balaban J connectivity index is 2.50. The number of aliphatic hydroxyl groups excluding tert-OH is 1. The van der Waals surface area contributed by atoms with E-state index in [0.717, 1.165) is 0 Å². The molecule has 0 aromatic heterocycles. The number of carboxylic acid groups (broad SMARTS) is 1. The van der Waals surface area contributed by atoms with Gasteiger partial charge in [0.05, 0.1) is 5.92 Å². The zero-order valence-corrected chi connectivity index (χ0v) is 5.58. The van der Waals surface area contributed by atoms with Crippen LogP contribution in [0, 0.1) is 11.8 Å². The summed E-state index contributed by atoms with van der Waals surface area (Å²) in [5.41, 5.74) is 0. The van der Waals surface area contributed by atoms with E-state index in [9.17, 15) is 4.79 Å². The molecule has 0 radical (unpaired) electrons. The summed E-state index contributed by atoms with van der Waals surface area (Å²) in [6.45, 7) is 1.07. The number of hydrogen-bond acceptors (Lipinski definition) is 3. The lowest BCUT2D eigenvalue weighted by molar-refractivity contribution is -0.142. The normalized spacial score (nSPS) is 32.5.